The van der Waals surface area contributed by atoms with Crippen molar-refractivity contribution in [1.29, 1.82) is 0 Å². The van der Waals surface area contributed by atoms with E-state index in [0.717, 1.165) is 19.0 Å². The van der Waals surface area contributed by atoms with E-state index in [4.69, 9.17) is 4.99 Å². The molecule has 1 heterocycles. The molecule has 2 N–H and O–H groups in total. The Kier molecular flexibility index (Phi) is 12.3. The van der Waals surface area contributed by atoms with Crippen molar-refractivity contribution < 1.29 is 0 Å². The van der Waals surface area contributed by atoms with Crippen LogP contribution in [0.4, 0.5) is 0 Å². The van der Waals surface area contributed by atoms with Crippen molar-refractivity contribution in [2.75, 3.05) is 26.2 Å². The molecule has 0 aromatic rings. The first-order valence-corrected chi connectivity index (χ1v) is 9.60. The number of nitrogens with one attached hydrogen (secondary N) is 2. The van der Waals surface area contributed by atoms with E-state index in [2.05, 4.69) is 57.1 Å². The first kappa shape index (κ1) is 24.0. The molecule has 0 amide bonds. The minimum absolute atomic E-state index is 0. The number of rotatable bonds is 7. The van der Waals surface area contributed by atoms with E-state index in [1.807, 2.05) is 0 Å². The summed E-state index contributed by atoms with van der Waals surface area (Å²) in [5.74, 6) is 1.01. The number of guanidine groups is 1. The van der Waals surface area contributed by atoms with Crippen molar-refractivity contribution in [3.63, 3.8) is 0 Å². The fourth-order valence-corrected chi connectivity index (χ4v) is 3.03. The van der Waals surface area contributed by atoms with Crippen LogP contribution in [0.25, 0.3) is 0 Å². The maximum atomic E-state index is 4.76. The first-order valence-electron chi connectivity index (χ1n) is 9.60. The Bertz CT molecular complexity index is 342. The summed E-state index contributed by atoms with van der Waals surface area (Å²) in [6.07, 6.45) is 6.15. The van der Waals surface area contributed by atoms with Crippen LogP contribution in [0.1, 0.15) is 73.6 Å². The average Bonchev–Trinajstić information content (AvgIpc) is 2.46. The summed E-state index contributed by atoms with van der Waals surface area (Å²) < 4.78 is 0. The highest BCUT2D eigenvalue weighted by atomic mass is 127. The second kappa shape index (κ2) is 12.3. The van der Waals surface area contributed by atoms with E-state index in [9.17, 15) is 0 Å². The molecular formula is C19H41IN4. The fourth-order valence-electron chi connectivity index (χ4n) is 3.03. The molecule has 1 rings (SSSR count). The summed E-state index contributed by atoms with van der Waals surface area (Å²) in [5, 5.41) is 7.03. The minimum atomic E-state index is 0. The zero-order valence-corrected chi connectivity index (χ0v) is 19.2. The zero-order chi connectivity index (χ0) is 17.3. The highest BCUT2D eigenvalue weighted by Crippen LogP contribution is 2.21. The molecule has 24 heavy (non-hydrogen) atoms. The van der Waals surface area contributed by atoms with E-state index >= 15 is 0 Å². The topological polar surface area (TPSA) is 39.7 Å². The smallest absolute Gasteiger partial charge is 0.191 e. The molecule has 144 valence electrons. The Balaban J connectivity index is 0.00000529. The van der Waals surface area contributed by atoms with Crippen LogP contribution in [0.2, 0.25) is 0 Å². The molecule has 1 saturated heterocycles. The van der Waals surface area contributed by atoms with Gasteiger partial charge in [-0.15, -0.1) is 24.0 Å². The van der Waals surface area contributed by atoms with Crippen LogP contribution in [0.15, 0.2) is 4.99 Å². The molecule has 0 unspecified atom stereocenters. The number of likely N-dealkylation sites (tertiary alicyclic amines) is 1. The third kappa shape index (κ3) is 10.7. The lowest BCUT2D eigenvalue weighted by atomic mass is 9.90. The number of hydrogen-bond acceptors (Lipinski definition) is 2. The SMILES string of the molecule is CCNC(=NCCCCC(C)(C)C)NC1CCN(C(C)C)CC1.I. The number of piperidine rings is 1. The van der Waals surface area contributed by atoms with E-state index < -0.39 is 0 Å². The number of aliphatic imine (C=N–C) groups is 1. The van der Waals surface area contributed by atoms with E-state index in [1.165, 1.54) is 45.2 Å². The van der Waals surface area contributed by atoms with E-state index in [0.29, 0.717) is 17.5 Å². The Morgan fingerprint density at radius 1 is 1.17 bits per heavy atom. The van der Waals surface area contributed by atoms with Crippen molar-refractivity contribution in [2.24, 2.45) is 10.4 Å². The van der Waals surface area contributed by atoms with Gasteiger partial charge in [0.1, 0.15) is 0 Å². The molecular weight excluding hydrogens is 411 g/mol. The molecule has 1 aliphatic heterocycles. The van der Waals surface area contributed by atoms with Crippen LogP contribution in [0.3, 0.4) is 0 Å². The molecule has 0 spiro atoms. The van der Waals surface area contributed by atoms with E-state index in [-0.39, 0.29) is 24.0 Å². The lowest BCUT2D eigenvalue weighted by Crippen LogP contribution is -2.49. The Hall–Kier alpha value is -0.0400. The van der Waals surface area contributed by atoms with Crippen LogP contribution in [-0.4, -0.2) is 49.1 Å². The van der Waals surface area contributed by atoms with Gasteiger partial charge in [-0.3, -0.25) is 4.99 Å². The van der Waals surface area contributed by atoms with Gasteiger partial charge in [-0.1, -0.05) is 27.2 Å². The Morgan fingerprint density at radius 3 is 2.29 bits per heavy atom. The molecule has 1 aliphatic rings. The number of nitrogens with zero attached hydrogens (tertiary/aromatic N) is 2. The highest BCUT2D eigenvalue weighted by Gasteiger charge is 2.21. The zero-order valence-electron chi connectivity index (χ0n) is 16.8. The maximum absolute atomic E-state index is 4.76. The van der Waals surface area contributed by atoms with Gasteiger partial charge in [-0.05, 0) is 51.9 Å². The van der Waals surface area contributed by atoms with Gasteiger partial charge in [0.25, 0.3) is 0 Å². The molecule has 4 nitrogen and oxygen atoms in total. The Morgan fingerprint density at radius 2 is 1.79 bits per heavy atom. The molecule has 0 bridgehead atoms. The van der Waals surface area contributed by atoms with Gasteiger partial charge < -0.3 is 15.5 Å². The monoisotopic (exact) mass is 452 g/mol. The summed E-state index contributed by atoms with van der Waals surface area (Å²) in [6.45, 7) is 17.9. The Labute approximate surface area is 167 Å². The van der Waals surface area contributed by atoms with Crippen LogP contribution in [0, 0.1) is 5.41 Å². The molecule has 0 atom stereocenters. The van der Waals surface area contributed by atoms with Gasteiger partial charge >= 0.3 is 0 Å². The molecule has 5 heteroatoms. The number of unbranched alkanes of at least 4 members (excludes halogenated alkanes) is 1. The fraction of sp³-hybridized carbons (Fsp3) is 0.947. The van der Waals surface area contributed by atoms with Gasteiger partial charge in [0.2, 0.25) is 0 Å². The highest BCUT2D eigenvalue weighted by molar-refractivity contribution is 14.0. The molecule has 0 radical (unpaired) electrons. The maximum Gasteiger partial charge on any atom is 0.191 e. The number of hydrogen-bond donors (Lipinski definition) is 2. The number of halogens is 1. The van der Waals surface area contributed by atoms with Crippen molar-refractivity contribution in [3.05, 3.63) is 0 Å². The van der Waals surface area contributed by atoms with Gasteiger partial charge in [0.15, 0.2) is 5.96 Å². The van der Waals surface area contributed by atoms with Crippen LogP contribution < -0.4 is 10.6 Å². The van der Waals surface area contributed by atoms with Gasteiger partial charge in [-0.2, -0.15) is 0 Å². The quantitative estimate of drug-likeness (QED) is 0.263. The van der Waals surface area contributed by atoms with Crippen molar-refractivity contribution in [1.82, 2.24) is 15.5 Å². The summed E-state index contributed by atoms with van der Waals surface area (Å²) in [5.41, 5.74) is 0.441. The third-order valence-corrected chi connectivity index (χ3v) is 4.55. The van der Waals surface area contributed by atoms with Gasteiger partial charge in [-0.25, -0.2) is 0 Å². The molecule has 0 aromatic heterocycles. The van der Waals surface area contributed by atoms with Gasteiger partial charge in [0.05, 0.1) is 0 Å². The lowest BCUT2D eigenvalue weighted by Gasteiger charge is -2.35. The lowest BCUT2D eigenvalue weighted by molar-refractivity contribution is 0.167. The summed E-state index contributed by atoms with van der Waals surface area (Å²) in [4.78, 5) is 7.33. The minimum Gasteiger partial charge on any atom is -0.357 e. The predicted molar refractivity (Wildman–Crippen MR) is 118 cm³/mol. The van der Waals surface area contributed by atoms with Crippen molar-refractivity contribution >= 4 is 29.9 Å². The molecule has 1 fully saturated rings. The largest absolute Gasteiger partial charge is 0.357 e. The summed E-state index contributed by atoms with van der Waals surface area (Å²) in [6, 6.07) is 1.23. The normalized spacial score (nSPS) is 17.7. The van der Waals surface area contributed by atoms with Crippen molar-refractivity contribution in [3.8, 4) is 0 Å². The predicted octanol–water partition coefficient (Wildman–Crippen LogP) is 4.25. The van der Waals surface area contributed by atoms with Crippen LogP contribution in [-0.2, 0) is 0 Å². The first-order chi connectivity index (χ1) is 10.8. The molecule has 0 aliphatic carbocycles. The molecule has 0 saturated carbocycles. The van der Waals surface area contributed by atoms with Crippen LogP contribution in [0.5, 0.6) is 0 Å². The van der Waals surface area contributed by atoms with E-state index in [1.54, 1.807) is 0 Å². The van der Waals surface area contributed by atoms with Crippen LogP contribution >= 0.6 is 24.0 Å². The molecule has 0 aromatic carbocycles. The second-order valence-electron chi connectivity index (χ2n) is 8.33. The van der Waals surface area contributed by atoms with Gasteiger partial charge in [0, 0.05) is 38.3 Å². The average molecular weight is 452 g/mol. The standard InChI is InChI=1S/C19H40N4.HI/c1-7-20-18(21-13-9-8-12-19(4,5)6)22-17-10-14-23(15-11-17)16(2)3;/h16-17H,7-15H2,1-6H3,(H2,20,21,22);1H. The summed E-state index contributed by atoms with van der Waals surface area (Å²) >= 11 is 0. The van der Waals surface area contributed by atoms with Crippen molar-refractivity contribution in [2.45, 2.75) is 85.7 Å². The second-order valence-corrected chi connectivity index (χ2v) is 8.33. The summed E-state index contributed by atoms with van der Waals surface area (Å²) in [7, 11) is 0. The third-order valence-electron chi connectivity index (χ3n) is 4.55.